The van der Waals surface area contributed by atoms with Crippen LogP contribution in [0.25, 0.3) is 0 Å². The van der Waals surface area contributed by atoms with E-state index < -0.39 is 0 Å². The summed E-state index contributed by atoms with van der Waals surface area (Å²) in [5.41, 5.74) is 9.23. The third-order valence-electron chi connectivity index (χ3n) is 4.95. The van der Waals surface area contributed by atoms with Gasteiger partial charge in [-0.25, -0.2) is 0 Å². The van der Waals surface area contributed by atoms with Crippen LogP contribution in [-0.4, -0.2) is 30.5 Å². The molecule has 2 unspecified atom stereocenters. The van der Waals surface area contributed by atoms with Crippen molar-refractivity contribution in [2.24, 2.45) is 16.6 Å². The van der Waals surface area contributed by atoms with Crippen LogP contribution in [0.5, 0.6) is 0 Å². The molecule has 2 aliphatic rings. The van der Waals surface area contributed by atoms with E-state index in [0.29, 0.717) is 5.92 Å². The number of benzene rings is 1. The number of rotatable bonds is 2. The first-order chi connectivity index (χ1) is 10.2. The van der Waals surface area contributed by atoms with E-state index in [9.17, 15) is 0 Å². The third-order valence-corrected chi connectivity index (χ3v) is 4.95. The summed E-state index contributed by atoms with van der Waals surface area (Å²) in [6, 6.07) is 8.83. The molecule has 1 fully saturated rings. The van der Waals surface area contributed by atoms with Crippen molar-refractivity contribution >= 4 is 5.96 Å². The van der Waals surface area contributed by atoms with Gasteiger partial charge in [0.05, 0.1) is 0 Å². The van der Waals surface area contributed by atoms with Crippen LogP contribution in [0.15, 0.2) is 29.3 Å². The van der Waals surface area contributed by atoms with Crippen LogP contribution in [0.1, 0.15) is 49.7 Å². The number of aliphatic imine (C=N–C) groups is 1. The van der Waals surface area contributed by atoms with Gasteiger partial charge in [-0.1, -0.05) is 31.2 Å². The molecule has 2 atom stereocenters. The second kappa shape index (κ2) is 6.50. The van der Waals surface area contributed by atoms with Gasteiger partial charge in [0.2, 0.25) is 0 Å². The second-order valence-electron chi connectivity index (χ2n) is 6.68. The van der Waals surface area contributed by atoms with Crippen molar-refractivity contribution in [3.8, 4) is 0 Å². The molecule has 1 aliphatic heterocycles. The van der Waals surface area contributed by atoms with Crippen molar-refractivity contribution < 1.29 is 0 Å². The predicted octanol–water partition coefficient (Wildman–Crippen LogP) is 3.15. The van der Waals surface area contributed by atoms with Gasteiger partial charge in [-0.15, -0.1) is 0 Å². The van der Waals surface area contributed by atoms with E-state index in [2.05, 4.69) is 36.1 Å². The largest absolute Gasteiger partial charge is 0.370 e. The van der Waals surface area contributed by atoms with Gasteiger partial charge in [0.1, 0.15) is 0 Å². The summed E-state index contributed by atoms with van der Waals surface area (Å²) in [5.74, 6) is 2.04. The average molecular weight is 285 g/mol. The zero-order valence-electron chi connectivity index (χ0n) is 13.1. The Labute approximate surface area is 128 Å². The van der Waals surface area contributed by atoms with Gasteiger partial charge in [-0.2, -0.15) is 0 Å². The number of nitrogens with zero attached hydrogens (tertiary/aromatic N) is 2. The van der Waals surface area contributed by atoms with E-state index in [-0.39, 0.29) is 0 Å². The van der Waals surface area contributed by atoms with Gasteiger partial charge in [-0.3, -0.25) is 4.99 Å². The molecule has 1 aromatic carbocycles. The highest BCUT2D eigenvalue weighted by Crippen LogP contribution is 2.31. The molecule has 2 N–H and O–H groups in total. The third kappa shape index (κ3) is 3.39. The van der Waals surface area contributed by atoms with Gasteiger partial charge in [0.25, 0.3) is 0 Å². The summed E-state index contributed by atoms with van der Waals surface area (Å²) in [5, 5.41) is 0. The maximum absolute atomic E-state index is 6.22. The van der Waals surface area contributed by atoms with Crippen molar-refractivity contribution in [2.75, 3.05) is 19.6 Å². The molecule has 0 radical (unpaired) electrons. The summed E-state index contributed by atoms with van der Waals surface area (Å²) >= 11 is 0. The first-order valence-electron chi connectivity index (χ1n) is 8.36. The van der Waals surface area contributed by atoms with Crippen LogP contribution in [0.4, 0.5) is 0 Å². The van der Waals surface area contributed by atoms with Gasteiger partial charge in [-0.05, 0) is 49.1 Å². The molecule has 1 aliphatic carbocycles. The first kappa shape index (κ1) is 14.4. The van der Waals surface area contributed by atoms with Crippen molar-refractivity contribution in [1.82, 2.24) is 4.90 Å². The normalized spacial score (nSPS) is 26.5. The Kier molecular flexibility index (Phi) is 4.47. The summed E-state index contributed by atoms with van der Waals surface area (Å²) in [6.45, 7) is 5.28. The molecule has 1 aromatic rings. The Bertz CT molecular complexity index is 509. The minimum atomic E-state index is 0.552. The number of nitrogens with two attached hydrogens (primary N) is 1. The number of hydrogen-bond acceptors (Lipinski definition) is 1. The fourth-order valence-corrected chi connectivity index (χ4v) is 3.75. The van der Waals surface area contributed by atoms with Crippen molar-refractivity contribution in [2.45, 2.75) is 44.9 Å². The average Bonchev–Trinajstić information content (AvgIpc) is 2.52. The monoisotopic (exact) mass is 285 g/mol. The molecule has 3 nitrogen and oxygen atoms in total. The Morgan fingerprint density at radius 1 is 1.29 bits per heavy atom. The molecule has 0 aromatic heterocycles. The Morgan fingerprint density at radius 3 is 3.00 bits per heavy atom. The molecular weight excluding hydrogens is 258 g/mol. The molecule has 1 saturated heterocycles. The summed E-state index contributed by atoms with van der Waals surface area (Å²) in [4.78, 5) is 6.99. The molecule has 114 valence electrons. The van der Waals surface area contributed by atoms with E-state index in [1.807, 2.05) is 0 Å². The van der Waals surface area contributed by atoms with E-state index >= 15 is 0 Å². The lowest BCUT2D eigenvalue weighted by molar-refractivity contribution is 0.270. The van der Waals surface area contributed by atoms with Crippen LogP contribution < -0.4 is 5.73 Å². The van der Waals surface area contributed by atoms with Crippen LogP contribution >= 0.6 is 0 Å². The standard InChI is InChI=1S/C18H27N3/c1-14-6-5-11-21(13-14)18(19)20-12-16-9-4-8-15-7-2-3-10-17(15)16/h2-3,7,10,14,16H,4-6,8-9,11-13H2,1H3,(H2,19,20). The predicted molar refractivity (Wildman–Crippen MR) is 88.6 cm³/mol. The van der Waals surface area contributed by atoms with Gasteiger partial charge in [0.15, 0.2) is 5.96 Å². The van der Waals surface area contributed by atoms with Gasteiger partial charge >= 0.3 is 0 Å². The maximum Gasteiger partial charge on any atom is 0.191 e. The number of likely N-dealkylation sites (tertiary alicyclic amines) is 1. The van der Waals surface area contributed by atoms with Gasteiger partial charge in [0, 0.05) is 25.6 Å². The van der Waals surface area contributed by atoms with Crippen LogP contribution in [0.3, 0.4) is 0 Å². The molecule has 3 heteroatoms. The van der Waals surface area contributed by atoms with Crippen molar-refractivity contribution in [3.63, 3.8) is 0 Å². The summed E-state index contributed by atoms with van der Waals surface area (Å²) in [7, 11) is 0. The smallest absolute Gasteiger partial charge is 0.191 e. The van der Waals surface area contributed by atoms with Crippen LogP contribution in [-0.2, 0) is 6.42 Å². The minimum absolute atomic E-state index is 0.552. The fourth-order valence-electron chi connectivity index (χ4n) is 3.75. The number of aryl methyl sites for hydroxylation is 1. The molecule has 3 rings (SSSR count). The lowest BCUT2D eigenvalue weighted by atomic mass is 9.83. The summed E-state index contributed by atoms with van der Waals surface area (Å²) in [6.07, 6.45) is 6.29. The lowest BCUT2D eigenvalue weighted by Gasteiger charge is -2.32. The molecule has 1 heterocycles. The van der Waals surface area contributed by atoms with E-state index in [0.717, 1.165) is 31.5 Å². The van der Waals surface area contributed by atoms with E-state index in [1.54, 1.807) is 0 Å². The quantitative estimate of drug-likeness (QED) is 0.670. The highest BCUT2D eigenvalue weighted by atomic mass is 15.3. The molecular formula is C18H27N3. The van der Waals surface area contributed by atoms with Gasteiger partial charge < -0.3 is 10.6 Å². The zero-order chi connectivity index (χ0) is 14.7. The molecule has 0 saturated carbocycles. The fraction of sp³-hybridized carbons (Fsp3) is 0.611. The molecule has 0 spiro atoms. The Morgan fingerprint density at radius 2 is 2.14 bits per heavy atom. The molecule has 21 heavy (non-hydrogen) atoms. The maximum atomic E-state index is 6.22. The lowest BCUT2D eigenvalue weighted by Crippen LogP contribution is -2.43. The Balaban J connectivity index is 1.66. The van der Waals surface area contributed by atoms with Crippen molar-refractivity contribution in [1.29, 1.82) is 0 Å². The van der Waals surface area contributed by atoms with E-state index in [1.165, 1.54) is 43.2 Å². The molecule has 0 amide bonds. The number of fused-ring (bicyclic) bond motifs is 1. The van der Waals surface area contributed by atoms with Crippen LogP contribution in [0, 0.1) is 5.92 Å². The van der Waals surface area contributed by atoms with E-state index in [4.69, 9.17) is 10.7 Å². The number of guanidine groups is 1. The topological polar surface area (TPSA) is 41.6 Å². The SMILES string of the molecule is CC1CCCN(C(N)=NCC2CCCc3ccccc32)C1. The zero-order valence-corrected chi connectivity index (χ0v) is 13.1. The van der Waals surface area contributed by atoms with Crippen molar-refractivity contribution in [3.05, 3.63) is 35.4 Å². The van der Waals surface area contributed by atoms with Crippen LogP contribution in [0.2, 0.25) is 0 Å². The highest BCUT2D eigenvalue weighted by molar-refractivity contribution is 5.78. The minimum Gasteiger partial charge on any atom is -0.370 e. The first-order valence-corrected chi connectivity index (χ1v) is 8.36. The number of piperidine rings is 1. The Hall–Kier alpha value is -1.51. The second-order valence-corrected chi connectivity index (χ2v) is 6.68. The highest BCUT2D eigenvalue weighted by Gasteiger charge is 2.21. The summed E-state index contributed by atoms with van der Waals surface area (Å²) < 4.78 is 0. The number of hydrogen-bond donors (Lipinski definition) is 1. The molecule has 0 bridgehead atoms.